The molecule has 5 nitrogen and oxygen atoms in total. The topological polar surface area (TPSA) is 59.6 Å². The standard InChI is InChI=1S/C12H24N2O3.ClH/c1-10(2)3-6-16-7-5-14-12(15)11-9-17-8-4-13-11;/h10-11,13H,3-9H2,1-2H3,(H,14,15);1H. The molecule has 0 aliphatic carbocycles. The Labute approximate surface area is 115 Å². The SMILES string of the molecule is CC(C)CCOCCNC(=O)C1COCCN1.Cl. The van der Waals surface area contributed by atoms with Gasteiger partial charge in [0.15, 0.2) is 0 Å². The van der Waals surface area contributed by atoms with Crippen molar-refractivity contribution in [3.05, 3.63) is 0 Å². The molecule has 1 heterocycles. The van der Waals surface area contributed by atoms with Crippen molar-refractivity contribution in [1.82, 2.24) is 10.6 Å². The predicted molar refractivity (Wildman–Crippen MR) is 73.1 cm³/mol. The van der Waals surface area contributed by atoms with Crippen LogP contribution in [-0.2, 0) is 14.3 Å². The van der Waals surface area contributed by atoms with Crippen molar-refractivity contribution < 1.29 is 14.3 Å². The average Bonchev–Trinajstić information content (AvgIpc) is 2.34. The third kappa shape index (κ3) is 7.87. The summed E-state index contributed by atoms with van der Waals surface area (Å²) in [5, 5.41) is 5.94. The van der Waals surface area contributed by atoms with Crippen molar-refractivity contribution in [3.63, 3.8) is 0 Å². The van der Waals surface area contributed by atoms with E-state index < -0.39 is 0 Å². The quantitative estimate of drug-likeness (QED) is 0.670. The van der Waals surface area contributed by atoms with Crippen LogP contribution in [0.25, 0.3) is 0 Å². The Bertz CT molecular complexity index is 221. The average molecular weight is 281 g/mol. The number of rotatable bonds is 7. The largest absolute Gasteiger partial charge is 0.380 e. The van der Waals surface area contributed by atoms with Crippen LogP contribution in [0.3, 0.4) is 0 Å². The fourth-order valence-corrected chi connectivity index (χ4v) is 1.52. The van der Waals surface area contributed by atoms with E-state index in [1.54, 1.807) is 0 Å². The molecule has 0 spiro atoms. The van der Waals surface area contributed by atoms with Gasteiger partial charge in [-0.3, -0.25) is 4.79 Å². The minimum absolute atomic E-state index is 0. The van der Waals surface area contributed by atoms with Gasteiger partial charge in [-0.05, 0) is 12.3 Å². The number of morpholine rings is 1. The Morgan fingerprint density at radius 2 is 2.28 bits per heavy atom. The molecule has 1 atom stereocenters. The zero-order chi connectivity index (χ0) is 12.5. The Hall–Kier alpha value is -0.360. The third-order valence-electron chi connectivity index (χ3n) is 2.62. The number of nitrogens with one attached hydrogen (secondary N) is 2. The second kappa shape index (κ2) is 10.6. The molecular weight excluding hydrogens is 256 g/mol. The first-order valence-electron chi connectivity index (χ1n) is 6.36. The molecule has 0 aromatic rings. The summed E-state index contributed by atoms with van der Waals surface area (Å²) < 4.78 is 10.6. The maximum atomic E-state index is 11.6. The molecule has 1 unspecified atom stereocenters. The lowest BCUT2D eigenvalue weighted by Gasteiger charge is -2.22. The molecule has 1 aliphatic rings. The fourth-order valence-electron chi connectivity index (χ4n) is 1.52. The molecule has 6 heteroatoms. The second-order valence-corrected chi connectivity index (χ2v) is 4.67. The lowest BCUT2D eigenvalue weighted by molar-refractivity contribution is -0.126. The molecule has 2 N–H and O–H groups in total. The van der Waals surface area contributed by atoms with E-state index in [1.165, 1.54) is 0 Å². The van der Waals surface area contributed by atoms with Crippen LogP contribution in [0.2, 0.25) is 0 Å². The summed E-state index contributed by atoms with van der Waals surface area (Å²) in [6, 6.07) is -0.209. The summed E-state index contributed by atoms with van der Waals surface area (Å²) in [4.78, 5) is 11.6. The normalized spacial score (nSPS) is 19.4. The van der Waals surface area contributed by atoms with E-state index in [9.17, 15) is 4.79 Å². The summed E-state index contributed by atoms with van der Waals surface area (Å²) in [6.45, 7) is 8.12. The van der Waals surface area contributed by atoms with Crippen LogP contribution in [0.5, 0.6) is 0 Å². The maximum absolute atomic E-state index is 11.6. The number of hydrogen-bond acceptors (Lipinski definition) is 4. The number of hydrogen-bond donors (Lipinski definition) is 2. The second-order valence-electron chi connectivity index (χ2n) is 4.67. The van der Waals surface area contributed by atoms with Crippen molar-refractivity contribution in [1.29, 1.82) is 0 Å². The van der Waals surface area contributed by atoms with Gasteiger partial charge in [0, 0.05) is 19.7 Å². The van der Waals surface area contributed by atoms with E-state index >= 15 is 0 Å². The van der Waals surface area contributed by atoms with Crippen LogP contribution in [0.4, 0.5) is 0 Å². The highest BCUT2D eigenvalue weighted by Crippen LogP contribution is 1.98. The molecule has 0 bridgehead atoms. The van der Waals surface area contributed by atoms with Crippen molar-refractivity contribution in [2.75, 3.05) is 39.5 Å². The van der Waals surface area contributed by atoms with Crippen LogP contribution in [0, 0.1) is 5.92 Å². The van der Waals surface area contributed by atoms with Crippen molar-refractivity contribution in [2.45, 2.75) is 26.3 Å². The number of carbonyl (C=O) groups is 1. The van der Waals surface area contributed by atoms with E-state index in [0.717, 1.165) is 19.6 Å². The molecule has 1 fully saturated rings. The van der Waals surface area contributed by atoms with Crippen LogP contribution < -0.4 is 10.6 Å². The smallest absolute Gasteiger partial charge is 0.239 e. The van der Waals surface area contributed by atoms with E-state index in [-0.39, 0.29) is 24.4 Å². The summed E-state index contributed by atoms with van der Waals surface area (Å²) in [5.41, 5.74) is 0. The molecule has 108 valence electrons. The van der Waals surface area contributed by atoms with E-state index in [4.69, 9.17) is 9.47 Å². The van der Waals surface area contributed by atoms with Crippen LogP contribution >= 0.6 is 12.4 Å². The van der Waals surface area contributed by atoms with E-state index in [0.29, 0.717) is 32.3 Å². The Morgan fingerprint density at radius 1 is 1.50 bits per heavy atom. The molecule has 1 saturated heterocycles. The van der Waals surface area contributed by atoms with Gasteiger partial charge in [-0.25, -0.2) is 0 Å². The molecule has 0 radical (unpaired) electrons. The van der Waals surface area contributed by atoms with Gasteiger partial charge in [0.25, 0.3) is 0 Å². The highest BCUT2D eigenvalue weighted by atomic mass is 35.5. The zero-order valence-electron chi connectivity index (χ0n) is 11.2. The summed E-state index contributed by atoms with van der Waals surface area (Å²) in [6.07, 6.45) is 1.06. The Kier molecular flexibility index (Phi) is 10.3. The highest BCUT2D eigenvalue weighted by molar-refractivity contribution is 5.85. The maximum Gasteiger partial charge on any atom is 0.239 e. The van der Waals surface area contributed by atoms with Gasteiger partial charge in [-0.2, -0.15) is 0 Å². The monoisotopic (exact) mass is 280 g/mol. The molecule has 18 heavy (non-hydrogen) atoms. The van der Waals surface area contributed by atoms with Gasteiger partial charge in [0.1, 0.15) is 6.04 Å². The van der Waals surface area contributed by atoms with Gasteiger partial charge < -0.3 is 20.1 Å². The van der Waals surface area contributed by atoms with Gasteiger partial charge in [-0.1, -0.05) is 13.8 Å². The summed E-state index contributed by atoms with van der Waals surface area (Å²) in [5.74, 6) is 0.658. The van der Waals surface area contributed by atoms with Gasteiger partial charge >= 0.3 is 0 Å². The number of halogens is 1. The van der Waals surface area contributed by atoms with Crippen molar-refractivity contribution in [2.24, 2.45) is 5.92 Å². The Morgan fingerprint density at radius 3 is 2.89 bits per heavy atom. The first-order chi connectivity index (χ1) is 8.20. The van der Waals surface area contributed by atoms with Gasteiger partial charge in [-0.15, -0.1) is 12.4 Å². The van der Waals surface area contributed by atoms with Crippen LogP contribution in [0.15, 0.2) is 0 Å². The van der Waals surface area contributed by atoms with Crippen LogP contribution in [0.1, 0.15) is 20.3 Å². The zero-order valence-corrected chi connectivity index (χ0v) is 12.1. The van der Waals surface area contributed by atoms with E-state index in [1.807, 2.05) is 0 Å². The number of amides is 1. The fraction of sp³-hybridized carbons (Fsp3) is 0.917. The molecule has 1 aliphatic heterocycles. The lowest BCUT2D eigenvalue weighted by atomic mass is 10.1. The minimum atomic E-state index is -0.209. The molecule has 1 amide bonds. The van der Waals surface area contributed by atoms with Gasteiger partial charge in [0.05, 0.1) is 19.8 Å². The van der Waals surface area contributed by atoms with Crippen molar-refractivity contribution >= 4 is 18.3 Å². The molecule has 0 saturated carbocycles. The number of ether oxygens (including phenoxy) is 2. The minimum Gasteiger partial charge on any atom is -0.380 e. The molecular formula is C12H25ClN2O3. The molecule has 0 aromatic carbocycles. The van der Waals surface area contributed by atoms with Gasteiger partial charge in [0.2, 0.25) is 5.91 Å². The summed E-state index contributed by atoms with van der Waals surface area (Å²) >= 11 is 0. The summed E-state index contributed by atoms with van der Waals surface area (Å²) in [7, 11) is 0. The number of carbonyl (C=O) groups excluding carboxylic acids is 1. The van der Waals surface area contributed by atoms with E-state index in [2.05, 4.69) is 24.5 Å². The predicted octanol–water partition coefficient (Wildman–Crippen LogP) is 0.576. The highest BCUT2D eigenvalue weighted by Gasteiger charge is 2.20. The third-order valence-corrected chi connectivity index (χ3v) is 2.62. The Balaban J connectivity index is 0.00000289. The lowest BCUT2D eigenvalue weighted by Crippen LogP contribution is -2.51. The molecule has 0 aromatic heterocycles. The first kappa shape index (κ1) is 17.6. The van der Waals surface area contributed by atoms with Crippen molar-refractivity contribution in [3.8, 4) is 0 Å². The molecule has 1 rings (SSSR count). The van der Waals surface area contributed by atoms with Crippen LogP contribution in [-0.4, -0.2) is 51.5 Å². The first-order valence-corrected chi connectivity index (χ1v) is 6.36.